The van der Waals surface area contributed by atoms with E-state index in [9.17, 15) is 15.0 Å². The maximum Gasteiger partial charge on any atom is 0.314 e. The number of halogens is 1. The molecule has 1 aromatic carbocycles. The molecule has 1 aliphatic rings. The molecule has 1 fully saturated rings. The molecule has 0 radical (unpaired) electrons. The average Bonchev–Trinajstić information content (AvgIpc) is 2.37. The van der Waals surface area contributed by atoms with Crippen molar-refractivity contribution in [3.63, 3.8) is 0 Å². The summed E-state index contributed by atoms with van der Waals surface area (Å²) in [4.78, 5) is 11.8. The number of hydrogen-bond donors (Lipinski definition) is 2. The normalized spacial score (nSPS) is 18.3. The Morgan fingerprint density at radius 1 is 1.26 bits per heavy atom. The molecule has 0 aliphatic heterocycles. The van der Waals surface area contributed by atoms with Gasteiger partial charge in [0.25, 0.3) is 0 Å². The summed E-state index contributed by atoms with van der Waals surface area (Å²) in [6, 6.07) is 1.69. The second kappa shape index (κ2) is 5.04. The SMILES string of the molecule is Cc1cc(Cl)c(O)c(C2(C(=O)O)CCCCC2)c1C. The van der Waals surface area contributed by atoms with Crippen LogP contribution in [0.4, 0.5) is 0 Å². The van der Waals surface area contributed by atoms with Gasteiger partial charge in [0.15, 0.2) is 0 Å². The molecule has 19 heavy (non-hydrogen) atoms. The number of aryl methyl sites for hydroxylation is 1. The van der Waals surface area contributed by atoms with E-state index in [1.165, 1.54) is 0 Å². The van der Waals surface area contributed by atoms with Crippen LogP contribution in [0.3, 0.4) is 0 Å². The number of aliphatic carboxylic acids is 1. The largest absolute Gasteiger partial charge is 0.506 e. The van der Waals surface area contributed by atoms with Gasteiger partial charge in [-0.05, 0) is 43.9 Å². The Morgan fingerprint density at radius 3 is 2.37 bits per heavy atom. The summed E-state index contributed by atoms with van der Waals surface area (Å²) >= 11 is 6.03. The predicted octanol–water partition coefficient (Wildman–Crippen LogP) is 3.95. The smallest absolute Gasteiger partial charge is 0.314 e. The molecule has 1 aromatic rings. The Balaban J connectivity index is 2.70. The zero-order valence-corrected chi connectivity index (χ0v) is 12.0. The molecule has 0 unspecified atom stereocenters. The maximum absolute atomic E-state index is 11.8. The van der Waals surface area contributed by atoms with Gasteiger partial charge in [0.05, 0.1) is 10.4 Å². The predicted molar refractivity (Wildman–Crippen MR) is 75.0 cm³/mol. The number of carbonyl (C=O) groups is 1. The summed E-state index contributed by atoms with van der Waals surface area (Å²) < 4.78 is 0. The summed E-state index contributed by atoms with van der Waals surface area (Å²) in [6.45, 7) is 3.75. The lowest BCUT2D eigenvalue weighted by Crippen LogP contribution is -2.38. The van der Waals surface area contributed by atoms with Crippen molar-refractivity contribution in [2.75, 3.05) is 0 Å². The van der Waals surface area contributed by atoms with Crippen molar-refractivity contribution in [1.29, 1.82) is 0 Å². The fourth-order valence-corrected chi connectivity index (χ4v) is 3.43. The van der Waals surface area contributed by atoms with Gasteiger partial charge in [-0.2, -0.15) is 0 Å². The minimum Gasteiger partial charge on any atom is -0.506 e. The van der Waals surface area contributed by atoms with Crippen molar-refractivity contribution in [3.05, 3.63) is 27.8 Å². The fraction of sp³-hybridized carbons (Fsp3) is 0.533. The molecule has 2 N–H and O–H groups in total. The van der Waals surface area contributed by atoms with Crippen LogP contribution in [0.5, 0.6) is 5.75 Å². The van der Waals surface area contributed by atoms with E-state index in [1.807, 2.05) is 13.8 Å². The number of phenols is 1. The van der Waals surface area contributed by atoms with E-state index in [0.717, 1.165) is 30.4 Å². The molecule has 0 saturated heterocycles. The third-order valence-corrected chi connectivity index (χ3v) is 4.66. The summed E-state index contributed by atoms with van der Waals surface area (Å²) in [7, 11) is 0. The van der Waals surface area contributed by atoms with Crippen molar-refractivity contribution in [1.82, 2.24) is 0 Å². The Labute approximate surface area is 118 Å². The molecular weight excluding hydrogens is 264 g/mol. The van der Waals surface area contributed by atoms with Gasteiger partial charge in [0.2, 0.25) is 0 Å². The van der Waals surface area contributed by atoms with Crippen LogP contribution in [0.1, 0.15) is 48.8 Å². The minimum absolute atomic E-state index is 0.0610. The topological polar surface area (TPSA) is 57.5 Å². The lowest BCUT2D eigenvalue weighted by atomic mass is 9.67. The highest BCUT2D eigenvalue weighted by molar-refractivity contribution is 6.32. The third-order valence-electron chi connectivity index (χ3n) is 4.37. The van der Waals surface area contributed by atoms with Crippen LogP contribution in [0.15, 0.2) is 6.07 Å². The molecule has 3 nitrogen and oxygen atoms in total. The molecule has 0 spiro atoms. The average molecular weight is 283 g/mol. The molecular formula is C15H19ClO3. The van der Waals surface area contributed by atoms with Crippen LogP contribution < -0.4 is 0 Å². The monoisotopic (exact) mass is 282 g/mol. The molecule has 1 aliphatic carbocycles. The van der Waals surface area contributed by atoms with E-state index in [0.29, 0.717) is 18.4 Å². The molecule has 4 heteroatoms. The van der Waals surface area contributed by atoms with Gasteiger partial charge in [0, 0.05) is 5.56 Å². The fourth-order valence-electron chi connectivity index (χ4n) is 3.17. The van der Waals surface area contributed by atoms with E-state index < -0.39 is 11.4 Å². The Bertz CT molecular complexity index is 490. The maximum atomic E-state index is 11.8. The second-order valence-electron chi connectivity index (χ2n) is 5.47. The first-order chi connectivity index (χ1) is 8.90. The van der Waals surface area contributed by atoms with E-state index in [4.69, 9.17) is 11.6 Å². The third kappa shape index (κ3) is 2.20. The van der Waals surface area contributed by atoms with Gasteiger partial charge in [-0.3, -0.25) is 4.79 Å². The highest BCUT2D eigenvalue weighted by Crippen LogP contribution is 2.47. The molecule has 2 rings (SSSR count). The molecule has 0 atom stereocenters. The first-order valence-corrected chi connectivity index (χ1v) is 7.00. The van der Waals surface area contributed by atoms with Crippen LogP contribution >= 0.6 is 11.6 Å². The Kier molecular flexibility index (Phi) is 3.77. The van der Waals surface area contributed by atoms with Gasteiger partial charge in [-0.1, -0.05) is 30.9 Å². The van der Waals surface area contributed by atoms with Crippen molar-refractivity contribution in [2.24, 2.45) is 0 Å². The number of hydrogen-bond acceptors (Lipinski definition) is 2. The summed E-state index contributed by atoms with van der Waals surface area (Å²) in [5.74, 6) is -0.915. The van der Waals surface area contributed by atoms with Crippen LogP contribution in [-0.4, -0.2) is 16.2 Å². The molecule has 1 saturated carbocycles. The number of carboxylic acids is 1. The number of aromatic hydroxyl groups is 1. The van der Waals surface area contributed by atoms with Crippen LogP contribution in [0, 0.1) is 13.8 Å². The van der Waals surface area contributed by atoms with Gasteiger partial charge in [-0.15, -0.1) is 0 Å². The first kappa shape index (κ1) is 14.2. The van der Waals surface area contributed by atoms with Gasteiger partial charge in [0.1, 0.15) is 5.75 Å². The molecule has 0 bridgehead atoms. The highest BCUT2D eigenvalue weighted by Gasteiger charge is 2.44. The number of carboxylic acid groups (broad SMARTS) is 1. The number of rotatable bonds is 2. The lowest BCUT2D eigenvalue weighted by molar-refractivity contribution is -0.145. The number of phenolic OH excluding ortho intramolecular Hbond substituents is 1. The minimum atomic E-state index is -0.984. The van der Waals surface area contributed by atoms with E-state index in [1.54, 1.807) is 6.07 Å². The van der Waals surface area contributed by atoms with E-state index >= 15 is 0 Å². The molecule has 0 heterocycles. The van der Waals surface area contributed by atoms with Gasteiger partial charge >= 0.3 is 5.97 Å². The summed E-state index contributed by atoms with van der Waals surface area (Å²) in [6.07, 6.45) is 3.93. The van der Waals surface area contributed by atoms with Crippen LogP contribution in [-0.2, 0) is 10.2 Å². The van der Waals surface area contributed by atoms with Gasteiger partial charge in [-0.25, -0.2) is 0 Å². The van der Waals surface area contributed by atoms with Crippen molar-refractivity contribution >= 4 is 17.6 Å². The first-order valence-electron chi connectivity index (χ1n) is 6.62. The van der Waals surface area contributed by atoms with Crippen molar-refractivity contribution in [2.45, 2.75) is 51.4 Å². The van der Waals surface area contributed by atoms with E-state index in [2.05, 4.69) is 0 Å². The quantitative estimate of drug-likeness (QED) is 0.863. The van der Waals surface area contributed by atoms with Crippen LogP contribution in [0.2, 0.25) is 5.02 Å². The summed E-state index contributed by atoms with van der Waals surface area (Å²) in [5, 5.41) is 20.2. The Morgan fingerprint density at radius 2 is 1.84 bits per heavy atom. The Hall–Kier alpha value is -1.22. The molecule has 104 valence electrons. The zero-order chi connectivity index (χ0) is 14.2. The highest BCUT2D eigenvalue weighted by atomic mass is 35.5. The number of benzene rings is 1. The van der Waals surface area contributed by atoms with Gasteiger partial charge < -0.3 is 10.2 Å². The lowest BCUT2D eigenvalue weighted by Gasteiger charge is -2.35. The van der Waals surface area contributed by atoms with E-state index in [-0.39, 0.29) is 10.8 Å². The molecule has 0 amide bonds. The van der Waals surface area contributed by atoms with Crippen LogP contribution in [0.25, 0.3) is 0 Å². The van der Waals surface area contributed by atoms with Crippen molar-refractivity contribution in [3.8, 4) is 5.75 Å². The second-order valence-corrected chi connectivity index (χ2v) is 5.88. The molecule has 0 aromatic heterocycles. The summed E-state index contributed by atoms with van der Waals surface area (Å²) in [5.41, 5.74) is 1.29. The van der Waals surface area contributed by atoms with Crippen molar-refractivity contribution < 1.29 is 15.0 Å². The zero-order valence-electron chi connectivity index (χ0n) is 11.3. The standard InChI is InChI=1S/C15H19ClO3/c1-9-8-11(16)13(17)12(10(9)2)15(14(18)19)6-4-3-5-7-15/h8,17H,3-7H2,1-2H3,(H,18,19).